The van der Waals surface area contributed by atoms with E-state index in [1.807, 2.05) is 72.8 Å². The Bertz CT molecular complexity index is 1750. The van der Waals surface area contributed by atoms with Gasteiger partial charge in [0.05, 0.1) is 24.4 Å². The number of aromatic carboxylic acids is 1. The molecule has 1 fully saturated rings. The van der Waals surface area contributed by atoms with Gasteiger partial charge in [0.25, 0.3) is 0 Å². The number of carboxylic acids is 1. The second-order valence-corrected chi connectivity index (χ2v) is 13.0. The van der Waals surface area contributed by atoms with Crippen molar-refractivity contribution in [1.29, 1.82) is 0 Å². The quantitative estimate of drug-likeness (QED) is 0.0385. The summed E-state index contributed by atoms with van der Waals surface area (Å²) in [4.78, 5) is 39.6. The number of hydrogen-bond donors (Lipinski definition) is 5. The van der Waals surface area contributed by atoms with E-state index >= 15 is 0 Å². The summed E-state index contributed by atoms with van der Waals surface area (Å²) in [6.07, 6.45) is 3.42. The zero-order valence-corrected chi connectivity index (χ0v) is 28.3. The molecule has 5 N–H and O–H groups in total. The van der Waals surface area contributed by atoms with E-state index in [9.17, 15) is 24.6 Å². The Hall–Kier alpha value is -4.59. The second kappa shape index (κ2) is 18.4. The molecule has 262 valence electrons. The standard InChI is InChI=1S/C38H41N3O8S/c42-23-25-14-16-27(17-15-25)33-21-31(24-50-36-32(37(45)46)11-6-18-39-36)48-38(49-33)30-10-5-9-29(20-30)28-8-4-7-26(19-28)22-40-34(43)12-2-1-3-13-35(44)41-47/h4-11,14-20,31,33,38,42,47H,1-3,12-13,21-24H2,(H,40,43)(H,41,44)(H,45,46)/t31-,33+,38+/m0/s1. The van der Waals surface area contributed by atoms with Crippen LogP contribution in [0.4, 0.5) is 0 Å². The lowest BCUT2D eigenvalue weighted by atomic mass is 9.99. The van der Waals surface area contributed by atoms with Gasteiger partial charge in [0.2, 0.25) is 11.8 Å². The first-order valence-electron chi connectivity index (χ1n) is 16.5. The van der Waals surface area contributed by atoms with Crippen molar-refractivity contribution in [1.82, 2.24) is 15.8 Å². The number of nitrogens with zero attached hydrogens (tertiary/aromatic N) is 1. The van der Waals surface area contributed by atoms with Crippen molar-refractivity contribution in [2.45, 2.75) is 75.2 Å². The highest BCUT2D eigenvalue weighted by molar-refractivity contribution is 7.99. The highest BCUT2D eigenvalue weighted by atomic mass is 32.2. The molecule has 5 rings (SSSR count). The van der Waals surface area contributed by atoms with Crippen molar-refractivity contribution in [3.05, 3.63) is 119 Å². The minimum Gasteiger partial charge on any atom is -0.478 e. The monoisotopic (exact) mass is 699 g/mol. The first kappa shape index (κ1) is 36.7. The van der Waals surface area contributed by atoms with Crippen molar-refractivity contribution >= 4 is 29.5 Å². The summed E-state index contributed by atoms with van der Waals surface area (Å²) in [7, 11) is 0. The predicted molar refractivity (Wildman–Crippen MR) is 187 cm³/mol. The molecule has 11 nitrogen and oxygen atoms in total. The van der Waals surface area contributed by atoms with Crippen molar-refractivity contribution in [2.75, 3.05) is 5.75 Å². The third-order valence-electron chi connectivity index (χ3n) is 8.36. The topological polar surface area (TPSA) is 167 Å². The SMILES string of the molecule is O=C(CCCCCC(=O)NCc1cccc(-c2cccc([C@@H]3O[C@H](CSc4ncccc4C(=O)O)C[C@H](c4ccc(CO)cc4)O3)c2)c1)NO. The number of hydrogen-bond acceptors (Lipinski definition) is 9. The molecule has 0 saturated carbocycles. The largest absolute Gasteiger partial charge is 0.478 e. The molecule has 0 radical (unpaired) electrons. The highest BCUT2D eigenvalue weighted by Crippen LogP contribution is 2.40. The second-order valence-electron chi connectivity index (χ2n) is 12.0. The van der Waals surface area contributed by atoms with E-state index in [0.29, 0.717) is 49.4 Å². The maximum atomic E-state index is 12.4. The number of aliphatic hydroxyl groups is 1. The summed E-state index contributed by atoms with van der Waals surface area (Å²) in [6.45, 7) is 0.326. The fourth-order valence-corrected chi connectivity index (χ4v) is 6.69. The van der Waals surface area contributed by atoms with E-state index in [0.717, 1.165) is 33.4 Å². The molecule has 2 heterocycles. The molecular weight excluding hydrogens is 658 g/mol. The molecule has 0 bridgehead atoms. The third kappa shape index (κ3) is 10.5. The molecule has 3 aromatic carbocycles. The van der Waals surface area contributed by atoms with E-state index in [4.69, 9.17) is 14.7 Å². The minimum absolute atomic E-state index is 0.0534. The number of unbranched alkanes of at least 4 members (excludes halogenated alkanes) is 2. The van der Waals surface area contributed by atoms with Gasteiger partial charge in [0.15, 0.2) is 6.29 Å². The summed E-state index contributed by atoms with van der Waals surface area (Å²) in [5, 5.41) is 31.1. The maximum Gasteiger partial charge on any atom is 0.338 e. The number of benzene rings is 3. The number of hydroxylamine groups is 1. The van der Waals surface area contributed by atoms with E-state index in [1.54, 1.807) is 23.8 Å². The molecule has 0 spiro atoms. The summed E-state index contributed by atoms with van der Waals surface area (Å²) < 4.78 is 13.0. The lowest BCUT2D eigenvalue weighted by Gasteiger charge is -2.36. The van der Waals surface area contributed by atoms with Gasteiger partial charge in [0, 0.05) is 43.3 Å². The molecule has 1 aromatic heterocycles. The van der Waals surface area contributed by atoms with Crippen LogP contribution in [0.15, 0.2) is 96.2 Å². The molecule has 0 aliphatic carbocycles. The first-order chi connectivity index (χ1) is 24.3. The van der Waals surface area contributed by atoms with Crippen LogP contribution < -0.4 is 10.8 Å². The van der Waals surface area contributed by atoms with Gasteiger partial charge in [-0.15, -0.1) is 11.8 Å². The van der Waals surface area contributed by atoms with Gasteiger partial charge in [-0.05, 0) is 64.9 Å². The van der Waals surface area contributed by atoms with E-state index in [2.05, 4.69) is 10.3 Å². The number of ether oxygens (including phenoxy) is 2. The number of rotatable bonds is 16. The van der Waals surface area contributed by atoms with Crippen LogP contribution in [-0.2, 0) is 32.2 Å². The number of pyridine rings is 1. The smallest absolute Gasteiger partial charge is 0.338 e. The van der Waals surface area contributed by atoms with Crippen LogP contribution in [0, 0.1) is 0 Å². The Balaban J connectivity index is 1.27. The minimum atomic E-state index is -1.03. The number of carbonyl (C=O) groups excluding carboxylic acids is 2. The van der Waals surface area contributed by atoms with Crippen LogP contribution in [-0.4, -0.2) is 50.0 Å². The molecule has 0 unspecified atom stereocenters. The molecular formula is C38H41N3O8S. The lowest BCUT2D eigenvalue weighted by Crippen LogP contribution is -2.31. The van der Waals surface area contributed by atoms with Crippen molar-refractivity contribution < 1.29 is 39.3 Å². The number of carbonyl (C=O) groups is 3. The Kier molecular flexibility index (Phi) is 13.5. The third-order valence-corrected chi connectivity index (χ3v) is 9.50. The number of carboxylic acid groups (broad SMARTS) is 1. The van der Waals surface area contributed by atoms with Crippen LogP contribution in [0.1, 0.15) is 83.5 Å². The maximum absolute atomic E-state index is 12.4. The Labute approximate surface area is 295 Å². The molecule has 1 aliphatic heterocycles. The molecule has 50 heavy (non-hydrogen) atoms. The first-order valence-corrected chi connectivity index (χ1v) is 17.5. The lowest BCUT2D eigenvalue weighted by molar-refractivity contribution is -0.245. The molecule has 1 aliphatic rings. The number of aliphatic hydroxyl groups excluding tert-OH is 1. The van der Waals surface area contributed by atoms with E-state index in [1.165, 1.54) is 11.8 Å². The fraction of sp³-hybridized carbons (Fsp3) is 0.316. The number of aromatic nitrogens is 1. The van der Waals surface area contributed by atoms with Crippen molar-refractivity contribution in [2.24, 2.45) is 0 Å². The van der Waals surface area contributed by atoms with Gasteiger partial charge in [-0.25, -0.2) is 15.3 Å². The van der Waals surface area contributed by atoms with E-state index < -0.39 is 18.2 Å². The zero-order valence-electron chi connectivity index (χ0n) is 27.5. The average Bonchev–Trinajstić information content (AvgIpc) is 3.16. The van der Waals surface area contributed by atoms with Gasteiger partial charge >= 0.3 is 5.97 Å². The van der Waals surface area contributed by atoms with Gasteiger partial charge in [-0.2, -0.15) is 0 Å². The normalized spacial score (nSPS) is 17.2. The average molecular weight is 700 g/mol. The molecule has 3 atom stereocenters. The van der Waals surface area contributed by atoms with Gasteiger partial charge in [-0.3, -0.25) is 14.8 Å². The molecule has 1 saturated heterocycles. The number of amides is 2. The van der Waals surface area contributed by atoms with Crippen LogP contribution in [0.2, 0.25) is 0 Å². The molecule has 2 amide bonds. The number of nitrogens with one attached hydrogen (secondary N) is 2. The van der Waals surface area contributed by atoms with Crippen LogP contribution in [0.3, 0.4) is 0 Å². The van der Waals surface area contributed by atoms with Crippen molar-refractivity contribution in [3.63, 3.8) is 0 Å². The Morgan fingerprint density at radius 2 is 1.56 bits per heavy atom. The Morgan fingerprint density at radius 1 is 0.820 bits per heavy atom. The highest BCUT2D eigenvalue weighted by Gasteiger charge is 2.33. The molecule has 12 heteroatoms. The van der Waals surface area contributed by atoms with Crippen LogP contribution in [0.5, 0.6) is 0 Å². The summed E-state index contributed by atoms with van der Waals surface area (Å²) in [5.74, 6) is -1.05. The van der Waals surface area contributed by atoms with Gasteiger partial charge < -0.3 is 25.0 Å². The van der Waals surface area contributed by atoms with Crippen LogP contribution >= 0.6 is 11.8 Å². The van der Waals surface area contributed by atoms with Gasteiger partial charge in [-0.1, -0.05) is 67.1 Å². The van der Waals surface area contributed by atoms with Crippen LogP contribution in [0.25, 0.3) is 11.1 Å². The zero-order chi connectivity index (χ0) is 35.3. The summed E-state index contributed by atoms with van der Waals surface area (Å²) >= 11 is 1.34. The molecule has 4 aromatic rings. The van der Waals surface area contributed by atoms with Gasteiger partial charge in [0.1, 0.15) is 5.03 Å². The van der Waals surface area contributed by atoms with E-state index in [-0.39, 0.29) is 36.7 Å². The van der Waals surface area contributed by atoms with Crippen molar-refractivity contribution in [3.8, 4) is 11.1 Å². The summed E-state index contributed by atoms with van der Waals surface area (Å²) in [5.41, 5.74) is 7.21. The fourth-order valence-electron chi connectivity index (χ4n) is 5.68. The predicted octanol–water partition coefficient (Wildman–Crippen LogP) is 6.35. The number of thioether (sulfide) groups is 1. The Morgan fingerprint density at radius 3 is 2.30 bits per heavy atom. The summed E-state index contributed by atoms with van der Waals surface area (Å²) in [6, 6.07) is 26.7.